The summed E-state index contributed by atoms with van der Waals surface area (Å²) in [5.74, 6) is 1.45. The van der Waals surface area contributed by atoms with Crippen LogP contribution in [0.4, 0.5) is 5.82 Å². The third-order valence-electron chi connectivity index (χ3n) is 3.24. The van der Waals surface area contributed by atoms with E-state index in [2.05, 4.69) is 25.4 Å². The van der Waals surface area contributed by atoms with E-state index >= 15 is 0 Å². The molecule has 1 N–H and O–H groups in total. The zero-order valence-corrected chi connectivity index (χ0v) is 12.2. The normalized spacial score (nSPS) is 10.6. The molecule has 0 atom stereocenters. The molecule has 0 bridgehead atoms. The molecule has 0 aliphatic rings. The molecule has 0 amide bonds. The Morgan fingerprint density at radius 1 is 1.19 bits per heavy atom. The van der Waals surface area contributed by atoms with Gasteiger partial charge in [0, 0.05) is 49.9 Å². The Bertz CT molecular complexity index is 777. The van der Waals surface area contributed by atoms with E-state index in [0.29, 0.717) is 5.82 Å². The number of pyridine rings is 1. The van der Waals surface area contributed by atoms with Gasteiger partial charge in [-0.05, 0) is 18.6 Å². The van der Waals surface area contributed by atoms with Crippen LogP contribution < -0.4 is 5.32 Å². The van der Waals surface area contributed by atoms with Gasteiger partial charge in [0.1, 0.15) is 5.82 Å². The van der Waals surface area contributed by atoms with Crippen LogP contribution in [0.2, 0.25) is 0 Å². The van der Waals surface area contributed by atoms with E-state index in [-0.39, 0.29) is 0 Å². The average molecular weight is 280 g/mol. The maximum absolute atomic E-state index is 4.66. The molecule has 0 saturated carbocycles. The highest BCUT2D eigenvalue weighted by molar-refractivity contribution is 5.67. The van der Waals surface area contributed by atoms with Crippen LogP contribution in [0.1, 0.15) is 5.56 Å². The highest BCUT2D eigenvalue weighted by Gasteiger charge is 2.11. The van der Waals surface area contributed by atoms with Gasteiger partial charge in [-0.2, -0.15) is 5.10 Å². The Labute approximate surface area is 122 Å². The third kappa shape index (κ3) is 2.60. The molecule has 6 heteroatoms. The number of anilines is 1. The molecule has 0 fully saturated rings. The largest absolute Gasteiger partial charge is 0.373 e. The van der Waals surface area contributed by atoms with Crippen LogP contribution in [-0.4, -0.2) is 31.8 Å². The summed E-state index contributed by atoms with van der Waals surface area (Å²) >= 11 is 0. The summed E-state index contributed by atoms with van der Waals surface area (Å²) in [6.07, 6.45) is 7.30. The van der Waals surface area contributed by atoms with Crippen molar-refractivity contribution in [2.24, 2.45) is 7.05 Å². The lowest BCUT2D eigenvalue weighted by Gasteiger charge is -2.08. The smallest absolute Gasteiger partial charge is 0.162 e. The summed E-state index contributed by atoms with van der Waals surface area (Å²) in [6, 6.07) is 3.84. The molecule has 106 valence electrons. The van der Waals surface area contributed by atoms with Crippen LogP contribution in [0.25, 0.3) is 22.6 Å². The molecule has 0 aromatic carbocycles. The number of hydrogen-bond donors (Lipinski definition) is 1. The van der Waals surface area contributed by atoms with Crippen LogP contribution in [0, 0.1) is 6.92 Å². The van der Waals surface area contributed by atoms with E-state index in [0.717, 1.165) is 28.2 Å². The lowest BCUT2D eigenvalue weighted by atomic mass is 10.1. The molecule has 3 rings (SSSR count). The monoisotopic (exact) mass is 280 g/mol. The summed E-state index contributed by atoms with van der Waals surface area (Å²) in [4.78, 5) is 13.3. The first-order chi connectivity index (χ1) is 10.2. The fraction of sp³-hybridized carbons (Fsp3) is 0.200. The van der Waals surface area contributed by atoms with Crippen LogP contribution in [0.5, 0.6) is 0 Å². The number of nitrogens with zero attached hydrogens (tertiary/aromatic N) is 5. The standard InChI is InChI=1S/C15H16N6/c1-10-7-17-5-4-12(10)15-19-13(6-14(16-2)20-15)11-8-18-21(3)9-11/h4-9H,1-3H3,(H,16,19,20). The fourth-order valence-electron chi connectivity index (χ4n) is 2.12. The molecule has 0 spiro atoms. The van der Waals surface area contributed by atoms with E-state index in [9.17, 15) is 0 Å². The molecule has 3 aromatic heterocycles. The molecule has 3 heterocycles. The maximum Gasteiger partial charge on any atom is 0.162 e. The Morgan fingerprint density at radius 2 is 2.05 bits per heavy atom. The second kappa shape index (κ2) is 5.32. The number of hydrogen-bond acceptors (Lipinski definition) is 5. The minimum Gasteiger partial charge on any atom is -0.373 e. The maximum atomic E-state index is 4.66. The molecule has 21 heavy (non-hydrogen) atoms. The zero-order valence-electron chi connectivity index (χ0n) is 12.2. The number of aromatic nitrogens is 5. The van der Waals surface area contributed by atoms with Gasteiger partial charge in [-0.3, -0.25) is 9.67 Å². The van der Waals surface area contributed by atoms with Crippen molar-refractivity contribution in [2.45, 2.75) is 6.92 Å². The van der Waals surface area contributed by atoms with Crippen molar-refractivity contribution >= 4 is 5.82 Å². The second-order valence-corrected chi connectivity index (χ2v) is 4.81. The topological polar surface area (TPSA) is 68.5 Å². The van der Waals surface area contributed by atoms with Crippen molar-refractivity contribution in [3.05, 3.63) is 42.5 Å². The van der Waals surface area contributed by atoms with Gasteiger partial charge in [0.15, 0.2) is 5.82 Å². The zero-order chi connectivity index (χ0) is 14.8. The predicted octanol–water partition coefficient (Wildman–Crippen LogP) is 2.29. The first-order valence-electron chi connectivity index (χ1n) is 6.64. The van der Waals surface area contributed by atoms with E-state index in [1.54, 1.807) is 17.1 Å². The van der Waals surface area contributed by atoms with Gasteiger partial charge in [0.05, 0.1) is 11.9 Å². The van der Waals surface area contributed by atoms with Gasteiger partial charge in [-0.1, -0.05) is 0 Å². The highest BCUT2D eigenvalue weighted by Crippen LogP contribution is 2.25. The molecule has 6 nitrogen and oxygen atoms in total. The van der Waals surface area contributed by atoms with Crippen molar-refractivity contribution in [3.8, 4) is 22.6 Å². The van der Waals surface area contributed by atoms with Gasteiger partial charge in [-0.25, -0.2) is 9.97 Å². The number of rotatable bonds is 3. The Hall–Kier alpha value is -2.76. The third-order valence-corrected chi connectivity index (χ3v) is 3.24. The van der Waals surface area contributed by atoms with Crippen LogP contribution in [0.3, 0.4) is 0 Å². The first kappa shape index (κ1) is 13.2. The molecule has 0 aliphatic heterocycles. The Kier molecular flexibility index (Phi) is 3.35. The first-order valence-corrected chi connectivity index (χ1v) is 6.64. The lowest BCUT2D eigenvalue weighted by molar-refractivity contribution is 0.768. The van der Waals surface area contributed by atoms with Crippen molar-refractivity contribution in [1.82, 2.24) is 24.7 Å². The van der Waals surface area contributed by atoms with Crippen molar-refractivity contribution in [1.29, 1.82) is 0 Å². The van der Waals surface area contributed by atoms with Gasteiger partial charge < -0.3 is 5.32 Å². The van der Waals surface area contributed by atoms with Crippen LogP contribution in [-0.2, 0) is 7.05 Å². The molecule has 0 unspecified atom stereocenters. The Balaban J connectivity index is 2.16. The van der Waals surface area contributed by atoms with E-state index in [1.807, 2.05) is 45.5 Å². The highest BCUT2D eigenvalue weighted by atomic mass is 15.2. The molecular weight excluding hydrogens is 264 g/mol. The van der Waals surface area contributed by atoms with Gasteiger partial charge >= 0.3 is 0 Å². The SMILES string of the molecule is CNc1cc(-c2cnn(C)c2)nc(-c2ccncc2C)n1. The second-order valence-electron chi connectivity index (χ2n) is 4.81. The predicted molar refractivity (Wildman–Crippen MR) is 81.7 cm³/mol. The van der Waals surface area contributed by atoms with Crippen LogP contribution >= 0.6 is 0 Å². The van der Waals surface area contributed by atoms with Gasteiger partial charge in [-0.15, -0.1) is 0 Å². The average Bonchev–Trinajstić information content (AvgIpc) is 2.94. The van der Waals surface area contributed by atoms with Gasteiger partial charge in [0.25, 0.3) is 0 Å². The van der Waals surface area contributed by atoms with Gasteiger partial charge in [0.2, 0.25) is 0 Å². The molecular formula is C15H16N6. The van der Waals surface area contributed by atoms with E-state index in [4.69, 9.17) is 0 Å². The minimum atomic E-state index is 0.681. The van der Waals surface area contributed by atoms with E-state index in [1.165, 1.54) is 0 Å². The summed E-state index contributed by atoms with van der Waals surface area (Å²) in [7, 11) is 3.73. The minimum absolute atomic E-state index is 0.681. The lowest BCUT2D eigenvalue weighted by Crippen LogP contribution is -1.99. The number of aryl methyl sites for hydroxylation is 2. The molecule has 0 aliphatic carbocycles. The summed E-state index contributed by atoms with van der Waals surface area (Å²) in [5.41, 5.74) is 3.83. The Morgan fingerprint density at radius 3 is 2.71 bits per heavy atom. The van der Waals surface area contributed by atoms with E-state index < -0.39 is 0 Å². The summed E-state index contributed by atoms with van der Waals surface area (Å²) in [6.45, 7) is 2.00. The fourth-order valence-corrected chi connectivity index (χ4v) is 2.12. The van der Waals surface area contributed by atoms with Crippen LogP contribution in [0.15, 0.2) is 36.9 Å². The molecule has 3 aromatic rings. The quantitative estimate of drug-likeness (QED) is 0.797. The molecule has 0 saturated heterocycles. The van der Waals surface area contributed by atoms with Crippen molar-refractivity contribution in [3.63, 3.8) is 0 Å². The number of nitrogens with one attached hydrogen (secondary N) is 1. The van der Waals surface area contributed by atoms with Crippen molar-refractivity contribution < 1.29 is 0 Å². The summed E-state index contributed by atoms with van der Waals surface area (Å²) < 4.78 is 1.76. The summed E-state index contributed by atoms with van der Waals surface area (Å²) in [5, 5.41) is 7.27. The molecule has 0 radical (unpaired) electrons. The van der Waals surface area contributed by atoms with Crippen molar-refractivity contribution in [2.75, 3.05) is 12.4 Å².